The van der Waals surface area contributed by atoms with Gasteiger partial charge in [-0.05, 0) is 0 Å². The lowest BCUT2D eigenvalue weighted by molar-refractivity contribution is 0.596. The number of hydrogen-bond acceptors (Lipinski definition) is 6. The quantitative estimate of drug-likeness (QED) is 0.614. The molecule has 1 heterocycles. The van der Waals surface area contributed by atoms with Crippen molar-refractivity contribution in [3.05, 3.63) is 5.01 Å². The molecule has 0 atom stereocenters. The van der Waals surface area contributed by atoms with Gasteiger partial charge in [-0.15, -0.1) is 10.2 Å². The first-order valence-electron chi connectivity index (χ1n) is 2.30. The smallest absolute Gasteiger partial charge is 0.223 e. The second-order valence-electron chi connectivity index (χ2n) is 1.53. The molecule has 0 aliphatic heterocycles. The third kappa shape index (κ3) is 1.70. The third-order valence-corrected chi connectivity index (χ3v) is 2.88. The van der Waals surface area contributed by atoms with Gasteiger partial charge >= 0.3 is 0 Å². The minimum Gasteiger partial charge on any atom is -0.223 e. The highest BCUT2D eigenvalue weighted by Gasteiger charge is 2.14. The Morgan fingerprint density at radius 3 is 2.45 bits per heavy atom. The van der Waals surface area contributed by atoms with Gasteiger partial charge in [0.1, 0.15) is 6.07 Å². The number of primary sulfonamides is 1. The largest absolute Gasteiger partial charge is 0.267 e. The first-order chi connectivity index (χ1) is 5.04. The zero-order valence-electron chi connectivity index (χ0n) is 5.05. The van der Waals surface area contributed by atoms with Gasteiger partial charge in [-0.25, -0.2) is 13.6 Å². The van der Waals surface area contributed by atoms with Crippen molar-refractivity contribution in [3.63, 3.8) is 0 Å². The first-order valence-corrected chi connectivity index (χ1v) is 4.67. The summed E-state index contributed by atoms with van der Waals surface area (Å²) >= 11 is 0.644. The van der Waals surface area contributed by atoms with Gasteiger partial charge in [0, 0.05) is 0 Å². The summed E-state index contributed by atoms with van der Waals surface area (Å²) in [4.78, 5) is 0. The molecule has 2 N–H and O–H groups in total. The highest BCUT2D eigenvalue weighted by molar-refractivity contribution is 7.91. The second-order valence-corrected chi connectivity index (χ2v) is 4.24. The monoisotopic (exact) mass is 190 g/mol. The molecule has 11 heavy (non-hydrogen) atoms. The standard InChI is InChI=1S/C3H2N4O2S2/c4-1-2-6-7-3(10-2)11(5,8)9/h(H2,5,8,9). The van der Waals surface area contributed by atoms with Crippen LogP contribution >= 0.6 is 11.3 Å². The number of aromatic nitrogens is 2. The van der Waals surface area contributed by atoms with Crippen LogP contribution in [0, 0.1) is 11.3 Å². The molecule has 0 saturated carbocycles. The Labute approximate surface area is 66.3 Å². The number of nitrogens with two attached hydrogens (primary N) is 1. The van der Waals surface area contributed by atoms with Crippen LogP contribution in [0.25, 0.3) is 0 Å². The predicted molar refractivity (Wildman–Crippen MR) is 36.0 cm³/mol. The zero-order chi connectivity index (χ0) is 8.48. The van der Waals surface area contributed by atoms with Crippen LogP contribution in [-0.2, 0) is 10.0 Å². The van der Waals surface area contributed by atoms with E-state index < -0.39 is 10.0 Å². The van der Waals surface area contributed by atoms with Crippen LogP contribution in [0.1, 0.15) is 5.01 Å². The zero-order valence-corrected chi connectivity index (χ0v) is 6.68. The molecular weight excluding hydrogens is 188 g/mol. The molecule has 0 aliphatic rings. The first kappa shape index (κ1) is 8.06. The van der Waals surface area contributed by atoms with Gasteiger partial charge in [-0.2, -0.15) is 5.26 Å². The van der Waals surface area contributed by atoms with E-state index in [2.05, 4.69) is 10.2 Å². The summed E-state index contributed by atoms with van der Waals surface area (Å²) in [7, 11) is -3.80. The van der Waals surface area contributed by atoms with E-state index in [0.29, 0.717) is 11.3 Å². The van der Waals surface area contributed by atoms with Gasteiger partial charge < -0.3 is 0 Å². The Hall–Kier alpha value is -1.04. The minimum absolute atomic E-state index is 0.0194. The summed E-state index contributed by atoms with van der Waals surface area (Å²) in [5, 5.41) is 19.4. The lowest BCUT2D eigenvalue weighted by Gasteiger charge is -1.83. The highest BCUT2D eigenvalue weighted by Crippen LogP contribution is 2.11. The maximum absolute atomic E-state index is 10.5. The van der Waals surface area contributed by atoms with Gasteiger partial charge in [0.15, 0.2) is 0 Å². The van der Waals surface area contributed by atoms with Crippen LogP contribution < -0.4 is 5.14 Å². The predicted octanol–water partition coefficient (Wildman–Crippen LogP) is -0.943. The summed E-state index contributed by atoms with van der Waals surface area (Å²) in [5.41, 5.74) is 0. The van der Waals surface area contributed by atoms with E-state index in [1.54, 1.807) is 6.07 Å². The molecule has 0 fully saturated rings. The molecule has 0 bridgehead atoms. The molecular formula is C3H2N4O2S2. The van der Waals surface area contributed by atoms with Gasteiger partial charge in [-0.1, -0.05) is 11.3 Å². The molecule has 1 rings (SSSR count). The average molecular weight is 190 g/mol. The van der Waals surface area contributed by atoms with Gasteiger partial charge in [-0.3, -0.25) is 0 Å². The molecule has 0 amide bonds. The van der Waals surface area contributed by atoms with Gasteiger partial charge in [0.05, 0.1) is 0 Å². The molecule has 8 heteroatoms. The normalized spacial score (nSPS) is 10.9. The Morgan fingerprint density at radius 2 is 2.18 bits per heavy atom. The summed E-state index contributed by atoms with van der Waals surface area (Å²) in [6.45, 7) is 0. The van der Waals surface area contributed by atoms with E-state index >= 15 is 0 Å². The van der Waals surface area contributed by atoms with Crippen molar-refractivity contribution in [2.75, 3.05) is 0 Å². The van der Waals surface area contributed by atoms with Crippen molar-refractivity contribution in [1.82, 2.24) is 10.2 Å². The van der Waals surface area contributed by atoms with E-state index in [1.165, 1.54) is 0 Å². The van der Waals surface area contributed by atoms with E-state index in [1.807, 2.05) is 0 Å². The number of sulfonamides is 1. The molecule has 0 saturated heterocycles. The SMILES string of the molecule is N#Cc1nnc(S(N)(=O)=O)s1. The number of nitrogens with zero attached hydrogens (tertiary/aromatic N) is 3. The van der Waals surface area contributed by atoms with Crippen LogP contribution in [0.4, 0.5) is 0 Å². The number of rotatable bonds is 1. The highest BCUT2D eigenvalue weighted by atomic mass is 32.2. The van der Waals surface area contributed by atoms with E-state index in [0.717, 1.165) is 0 Å². The topological polar surface area (TPSA) is 110 Å². The third-order valence-electron chi connectivity index (χ3n) is 0.745. The summed E-state index contributed by atoms with van der Waals surface area (Å²) in [6, 6.07) is 1.64. The molecule has 1 aromatic rings. The fraction of sp³-hybridized carbons (Fsp3) is 0. The number of nitriles is 1. The van der Waals surface area contributed by atoms with Crippen molar-refractivity contribution >= 4 is 21.4 Å². The lowest BCUT2D eigenvalue weighted by atomic mass is 10.8. The molecule has 0 spiro atoms. The summed E-state index contributed by atoms with van der Waals surface area (Å²) in [6.07, 6.45) is 0. The maximum atomic E-state index is 10.5. The fourth-order valence-electron chi connectivity index (χ4n) is 0.370. The van der Waals surface area contributed by atoms with Crippen LogP contribution in [0.2, 0.25) is 0 Å². The molecule has 0 aromatic carbocycles. The van der Waals surface area contributed by atoms with Crippen LogP contribution in [0.5, 0.6) is 0 Å². The lowest BCUT2D eigenvalue weighted by Crippen LogP contribution is -2.11. The van der Waals surface area contributed by atoms with Crippen LogP contribution in [0.15, 0.2) is 4.34 Å². The van der Waals surface area contributed by atoms with Crippen molar-refractivity contribution in [2.45, 2.75) is 4.34 Å². The van der Waals surface area contributed by atoms with Crippen molar-refractivity contribution < 1.29 is 8.42 Å². The van der Waals surface area contributed by atoms with Crippen molar-refractivity contribution in [1.29, 1.82) is 5.26 Å². The van der Waals surface area contributed by atoms with E-state index in [4.69, 9.17) is 10.4 Å². The molecule has 1 aromatic heterocycles. The maximum Gasteiger partial charge on any atom is 0.267 e. The summed E-state index contributed by atoms with van der Waals surface area (Å²) < 4.78 is 20.7. The van der Waals surface area contributed by atoms with Gasteiger partial charge in [0.25, 0.3) is 10.0 Å². The van der Waals surface area contributed by atoms with Crippen LogP contribution in [0.3, 0.4) is 0 Å². The van der Waals surface area contributed by atoms with Gasteiger partial charge in [0.2, 0.25) is 9.35 Å². The minimum atomic E-state index is -3.80. The average Bonchev–Trinajstić information content (AvgIpc) is 2.32. The molecule has 58 valence electrons. The Balaban J connectivity index is 3.22. The fourth-order valence-corrected chi connectivity index (χ4v) is 1.60. The Morgan fingerprint density at radius 1 is 1.55 bits per heavy atom. The number of hydrogen-bond donors (Lipinski definition) is 1. The van der Waals surface area contributed by atoms with Crippen molar-refractivity contribution in [3.8, 4) is 6.07 Å². The summed E-state index contributed by atoms with van der Waals surface area (Å²) in [5.74, 6) is 0. The molecule has 6 nitrogen and oxygen atoms in total. The molecule has 0 radical (unpaired) electrons. The van der Waals surface area contributed by atoms with E-state index in [-0.39, 0.29) is 9.35 Å². The molecule has 0 aliphatic carbocycles. The van der Waals surface area contributed by atoms with Crippen molar-refractivity contribution in [2.24, 2.45) is 5.14 Å². The Kier molecular flexibility index (Phi) is 1.86. The second kappa shape index (κ2) is 2.54. The Bertz CT molecular complexity index is 399. The van der Waals surface area contributed by atoms with E-state index in [9.17, 15) is 8.42 Å². The molecule has 0 unspecified atom stereocenters. The van der Waals surface area contributed by atoms with Crippen LogP contribution in [-0.4, -0.2) is 18.6 Å².